The highest BCUT2D eigenvalue weighted by Gasteiger charge is 2.38. The molecule has 1 aliphatic heterocycles. The van der Waals surface area contributed by atoms with Gasteiger partial charge >= 0.3 is 6.18 Å². The van der Waals surface area contributed by atoms with Crippen LogP contribution in [0.4, 0.5) is 13.2 Å². The number of hydrogen-bond acceptors (Lipinski definition) is 3. The van der Waals surface area contributed by atoms with Gasteiger partial charge in [0.15, 0.2) is 5.69 Å². The summed E-state index contributed by atoms with van der Waals surface area (Å²) in [5, 5.41) is 3.63. The molecule has 5 nitrogen and oxygen atoms in total. The Bertz CT molecular complexity index is 557. The van der Waals surface area contributed by atoms with Gasteiger partial charge in [0, 0.05) is 37.8 Å². The molecule has 1 aromatic rings. The lowest BCUT2D eigenvalue weighted by atomic mass is 10.2. The number of hydrogen-bond donors (Lipinski definition) is 0. The van der Waals surface area contributed by atoms with Crippen LogP contribution in [0, 0.1) is 0 Å². The maximum absolute atomic E-state index is 12.8. The van der Waals surface area contributed by atoms with Crippen molar-refractivity contribution in [2.75, 3.05) is 33.2 Å². The average Bonchev–Trinajstić information content (AvgIpc) is 3.19. The standard InChI is InChI=1S/C14H19F3N4O/c1-19-4-6-20(7-5-19)13(22)9-21-11(10-2-3-10)8-12(18-21)14(15,16)17/h8,10H,2-7,9H2,1H3. The van der Waals surface area contributed by atoms with E-state index >= 15 is 0 Å². The number of amides is 1. The number of nitrogens with zero attached hydrogens (tertiary/aromatic N) is 4. The van der Waals surface area contributed by atoms with Gasteiger partial charge in [-0.15, -0.1) is 0 Å². The van der Waals surface area contributed by atoms with Gasteiger partial charge in [-0.25, -0.2) is 0 Å². The van der Waals surface area contributed by atoms with E-state index in [1.807, 2.05) is 7.05 Å². The van der Waals surface area contributed by atoms with E-state index < -0.39 is 11.9 Å². The number of carbonyl (C=O) groups is 1. The van der Waals surface area contributed by atoms with Crippen molar-refractivity contribution in [3.63, 3.8) is 0 Å². The largest absolute Gasteiger partial charge is 0.435 e. The van der Waals surface area contributed by atoms with E-state index in [-0.39, 0.29) is 18.4 Å². The lowest BCUT2D eigenvalue weighted by Gasteiger charge is -2.32. The fourth-order valence-electron chi connectivity index (χ4n) is 2.69. The van der Waals surface area contributed by atoms with Crippen molar-refractivity contribution >= 4 is 5.91 Å². The van der Waals surface area contributed by atoms with Gasteiger partial charge in [0.25, 0.3) is 0 Å². The van der Waals surface area contributed by atoms with Crippen LogP contribution < -0.4 is 0 Å². The van der Waals surface area contributed by atoms with E-state index in [2.05, 4.69) is 10.00 Å². The van der Waals surface area contributed by atoms with Crippen LogP contribution in [0.5, 0.6) is 0 Å². The molecule has 0 bridgehead atoms. The van der Waals surface area contributed by atoms with Crippen molar-refractivity contribution in [1.29, 1.82) is 0 Å². The molecule has 22 heavy (non-hydrogen) atoms. The lowest BCUT2D eigenvalue weighted by Crippen LogP contribution is -2.48. The van der Waals surface area contributed by atoms with Gasteiger partial charge in [0.2, 0.25) is 5.91 Å². The molecular formula is C14H19F3N4O. The van der Waals surface area contributed by atoms with Crippen LogP contribution in [0.1, 0.15) is 30.1 Å². The normalized spacial score (nSPS) is 20.5. The Labute approximate surface area is 126 Å². The zero-order valence-electron chi connectivity index (χ0n) is 12.4. The Morgan fingerprint density at radius 2 is 1.91 bits per heavy atom. The first kappa shape index (κ1) is 15.3. The minimum atomic E-state index is -4.47. The molecule has 8 heteroatoms. The van der Waals surface area contributed by atoms with Crippen molar-refractivity contribution in [3.8, 4) is 0 Å². The number of piperazine rings is 1. The molecule has 122 valence electrons. The number of alkyl halides is 3. The molecule has 0 aromatic carbocycles. The highest BCUT2D eigenvalue weighted by molar-refractivity contribution is 5.76. The maximum atomic E-state index is 12.8. The topological polar surface area (TPSA) is 41.4 Å². The van der Waals surface area contributed by atoms with E-state index in [1.165, 1.54) is 4.68 Å². The third-order valence-electron chi connectivity index (χ3n) is 4.24. The second kappa shape index (κ2) is 5.57. The fourth-order valence-corrected chi connectivity index (χ4v) is 2.69. The van der Waals surface area contributed by atoms with E-state index in [1.54, 1.807) is 4.90 Å². The molecule has 1 saturated carbocycles. The quantitative estimate of drug-likeness (QED) is 0.850. The molecule has 3 rings (SSSR count). The number of aromatic nitrogens is 2. The van der Waals surface area contributed by atoms with Gasteiger partial charge < -0.3 is 9.80 Å². The number of likely N-dealkylation sites (N-methyl/N-ethyl adjacent to an activating group) is 1. The van der Waals surface area contributed by atoms with Crippen LogP contribution in [0.3, 0.4) is 0 Å². The van der Waals surface area contributed by atoms with E-state index in [4.69, 9.17) is 0 Å². The van der Waals surface area contributed by atoms with Crippen molar-refractivity contribution in [1.82, 2.24) is 19.6 Å². The van der Waals surface area contributed by atoms with Crippen molar-refractivity contribution in [3.05, 3.63) is 17.5 Å². The molecule has 2 heterocycles. The van der Waals surface area contributed by atoms with Crippen LogP contribution in [-0.2, 0) is 17.5 Å². The fraction of sp³-hybridized carbons (Fsp3) is 0.714. The highest BCUT2D eigenvalue weighted by atomic mass is 19.4. The Morgan fingerprint density at radius 3 is 2.45 bits per heavy atom. The summed E-state index contributed by atoms with van der Waals surface area (Å²) in [5.74, 6) is -0.0456. The van der Waals surface area contributed by atoms with Gasteiger partial charge in [-0.05, 0) is 26.0 Å². The summed E-state index contributed by atoms with van der Waals surface area (Å²) in [7, 11) is 1.98. The van der Waals surface area contributed by atoms with Gasteiger partial charge in [-0.2, -0.15) is 18.3 Å². The molecule has 1 amide bonds. The summed E-state index contributed by atoms with van der Waals surface area (Å²) in [6, 6.07) is 1.09. The molecule has 0 radical (unpaired) electrons. The van der Waals surface area contributed by atoms with Crippen LogP contribution in [0.15, 0.2) is 6.07 Å². The van der Waals surface area contributed by atoms with E-state index in [9.17, 15) is 18.0 Å². The predicted molar refractivity (Wildman–Crippen MR) is 73.3 cm³/mol. The summed E-state index contributed by atoms with van der Waals surface area (Å²) in [6.07, 6.45) is -2.73. The SMILES string of the molecule is CN1CCN(C(=O)Cn2nc(C(F)(F)F)cc2C2CC2)CC1. The Kier molecular flexibility index (Phi) is 3.88. The second-order valence-electron chi connectivity index (χ2n) is 6.07. The molecule has 2 aliphatic rings. The molecule has 0 N–H and O–H groups in total. The molecular weight excluding hydrogens is 297 g/mol. The first-order valence-electron chi connectivity index (χ1n) is 7.46. The summed E-state index contributed by atoms with van der Waals surface area (Å²) in [5.41, 5.74) is -0.365. The average molecular weight is 316 g/mol. The maximum Gasteiger partial charge on any atom is 0.435 e. The molecule has 0 atom stereocenters. The Morgan fingerprint density at radius 1 is 1.27 bits per heavy atom. The summed E-state index contributed by atoms with van der Waals surface area (Å²) >= 11 is 0. The van der Waals surface area contributed by atoms with Crippen LogP contribution in [-0.4, -0.2) is 58.7 Å². The van der Waals surface area contributed by atoms with Crippen molar-refractivity contribution < 1.29 is 18.0 Å². The number of carbonyl (C=O) groups excluding carboxylic acids is 1. The van der Waals surface area contributed by atoms with Gasteiger partial charge in [-0.1, -0.05) is 0 Å². The summed E-state index contributed by atoms with van der Waals surface area (Å²) in [6.45, 7) is 2.69. The Balaban J connectivity index is 1.73. The van der Waals surface area contributed by atoms with Gasteiger partial charge in [0.1, 0.15) is 6.54 Å². The van der Waals surface area contributed by atoms with Gasteiger partial charge in [-0.3, -0.25) is 9.48 Å². The van der Waals surface area contributed by atoms with Crippen LogP contribution >= 0.6 is 0 Å². The molecule has 1 aliphatic carbocycles. The Hall–Kier alpha value is -1.57. The summed E-state index contributed by atoms with van der Waals surface area (Å²) < 4.78 is 39.7. The first-order chi connectivity index (χ1) is 10.3. The lowest BCUT2D eigenvalue weighted by molar-refractivity contribution is -0.142. The van der Waals surface area contributed by atoms with Crippen LogP contribution in [0.25, 0.3) is 0 Å². The molecule has 0 unspecified atom stereocenters. The highest BCUT2D eigenvalue weighted by Crippen LogP contribution is 2.42. The van der Waals surface area contributed by atoms with Crippen molar-refractivity contribution in [2.24, 2.45) is 0 Å². The van der Waals surface area contributed by atoms with Gasteiger partial charge in [0.05, 0.1) is 0 Å². The van der Waals surface area contributed by atoms with E-state index in [0.29, 0.717) is 18.8 Å². The van der Waals surface area contributed by atoms with Crippen molar-refractivity contribution in [2.45, 2.75) is 31.5 Å². The molecule has 2 fully saturated rings. The van der Waals surface area contributed by atoms with E-state index in [0.717, 1.165) is 32.0 Å². The molecule has 1 aromatic heterocycles. The third kappa shape index (κ3) is 3.26. The molecule has 1 saturated heterocycles. The molecule has 0 spiro atoms. The monoisotopic (exact) mass is 316 g/mol. The first-order valence-corrected chi connectivity index (χ1v) is 7.46. The minimum Gasteiger partial charge on any atom is -0.339 e. The smallest absolute Gasteiger partial charge is 0.339 e. The second-order valence-corrected chi connectivity index (χ2v) is 6.07. The third-order valence-corrected chi connectivity index (χ3v) is 4.24. The predicted octanol–water partition coefficient (Wildman–Crippen LogP) is 1.55. The zero-order chi connectivity index (χ0) is 15.9. The number of rotatable bonds is 3. The zero-order valence-corrected chi connectivity index (χ0v) is 12.4. The minimum absolute atomic E-state index is 0.106. The number of halogens is 3. The summed E-state index contributed by atoms with van der Waals surface area (Å²) in [4.78, 5) is 16.1. The van der Waals surface area contributed by atoms with Crippen LogP contribution in [0.2, 0.25) is 0 Å².